The monoisotopic (exact) mass is 407 g/mol. The number of piperidine rings is 1. The summed E-state index contributed by atoms with van der Waals surface area (Å²) in [6, 6.07) is 8.21. The SMILES string of the molecule is CCc1c(C(=O)N2CCC(NC)CC2)nnn1-c1ccc(OC(C)C)cc1.Cl. The lowest BCUT2D eigenvalue weighted by atomic mass is 10.0. The summed E-state index contributed by atoms with van der Waals surface area (Å²) >= 11 is 0. The Morgan fingerprint density at radius 1 is 1.25 bits per heavy atom. The van der Waals surface area contributed by atoms with E-state index in [4.69, 9.17) is 4.74 Å². The van der Waals surface area contributed by atoms with Gasteiger partial charge in [-0.25, -0.2) is 4.68 Å². The van der Waals surface area contributed by atoms with Crippen molar-refractivity contribution in [3.05, 3.63) is 35.7 Å². The Kier molecular flexibility index (Phi) is 7.83. The number of nitrogens with zero attached hydrogens (tertiary/aromatic N) is 4. The molecule has 2 heterocycles. The summed E-state index contributed by atoms with van der Waals surface area (Å²) in [6.07, 6.45) is 2.75. The predicted octanol–water partition coefficient (Wildman–Crippen LogP) is 2.86. The highest BCUT2D eigenvalue weighted by atomic mass is 35.5. The second kappa shape index (κ2) is 9.89. The van der Waals surface area contributed by atoms with Crippen LogP contribution in [0.15, 0.2) is 24.3 Å². The largest absolute Gasteiger partial charge is 0.491 e. The summed E-state index contributed by atoms with van der Waals surface area (Å²) in [5, 5.41) is 11.8. The van der Waals surface area contributed by atoms with Gasteiger partial charge in [-0.05, 0) is 64.4 Å². The Hall–Kier alpha value is -2.12. The van der Waals surface area contributed by atoms with Crippen molar-refractivity contribution in [2.75, 3.05) is 20.1 Å². The third-order valence-corrected chi connectivity index (χ3v) is 4.94. The van der Waals surface area contributed by atoms with Gasteiger partial charge in [0.25, 0.3) is 5.91 Å². The fourth-order valence-electron chi connectivity index (χ4n) is 3.45. The molecule has 1 N–H and O–H groups in total. The Bertz CT molecular complexity index is 767. The molecule has 28 heavy (non-hydrogen) atoms. The van der Waals surface area contributed by atoms with Gasteiger partial charge in [0.2, 0.25) is 0 Å². The molecule has 0 radical (unpaired) electrons. The van der Waals surface area contributed by atoms with Crippen LogP contribution in [0.5, 0.6) is 5.75 Å². The van der Waals surface area contributed by atoms with Gasteiger partial charge in [0.1, 0.15) is 5.75 Å². The lowest BCUT2D eigenvalue weighted by molar-refractivity contribution is 0.0700. The average molecular weight is 408 g/mol. The lowest BCUT2D eigenvalue weighted by Crippen LogP contribution is -2.44. The number of hydrogen-bond acceptors (Lipinski definition) is 5. The minimum Gasteiger partial charge on any atom is -0.491 e. The standard InChI is InChI=1S/C20H29N5O2.ClH/c1-5-18-19(20(26)24-12-10-15(21-4)11-13-24)22-23-25(18)16-6-8-17(9-7-16)27-14(2)3;/h6-9,14-15,21H,5,10-13H2,1-4H3;1H. The normalized spacial score (nSPS) is 14.8. The van der Waals surface area contributed by atoms with Crippen LogP contribution in [0.2, 0.25) is 0 Å². The number of likely N-dealkylation sites (tertiary alicyclic amines) is 1. The molecule has 0 saturated carbocycles. The van der Waals surface area contributed by atoms with Gasteiger partial charge in [0.05, 0.1) is 17.5 Å². The topological polar surface area (TPSA) is 72.3 Å². The molecule has 154 valence electrons. The third kappa shape index (κ3) is 4.83. The first-order valence-electron chi connectivity index (χ1n) is 9.71. The molecule has 1 aromatic heterocycles. The van der Waals surface area contributed by atoms with Crippen molar-refractivity contribution in [2.24, 2.45) is 0 Å². The van der Waals surface area contributed by atoms with Gasteiger partial charge in [-0.3, -0.25) is 4.79 Å². The third-order valence-electron chi connectivity index (χ3n) is 4.94. The Morgan fingerprint density at radius 3 is 2.43 bits per heavy atom. The van der Waals surface area contributed by atoms with Crippen molar-refractivity contribution in [3.8, 4) is 11.4 Å². The zero-order valence-corrected chi connectivity index (χ0v) is 17.8. The van der Waals surface area contributed by atoms with Gasteiger partial charge in [-0.1, -0.05) is 12.1 Å². The minimum atomic E-state index is -0.0209. The fourth-order valence-corrected chi connectivity index (χ4v) is 3.45. The van der Waals surface area contributed by atoms with Crippen LogP contribution in [0, 0.1) is 0 Å². The molecule has 1 aliphatic heterocycles. The lowest BCUT2D eigenvalue weighted by Gasteiger charge is -2.31. The predicted molar refractivity (Wildman–Crippen MR) is 112 cm³/mol. The Balaban J connectivity index is 0.00000280. The van der Waals surface area contributed by atoms with Crippen molar-refractivity contribution in [1.29, 1.82) is 0 Å². The van der Waals surface area contributed by atoms with E-state index in [9.17, 15) is 4.79 Å². The number of carbonyl (C=O) groups excluding carboxylic acids is 1. The van der Waals surface area contributed by atoms with Gasteiger partial charge in [0.15, 0.2) is 5.69 Å². The van der Waals surface area contributed by atoms with E-state index in [1.807, 2.05) is 57.0 Å². The van der Waals surface area contributed by atoms with E-state index in [0.717, 1.165) is 43.1 Å². The van der Waals surface area contributed by atoms with Crippen LogP contribution in [0.4, 0.5) is 0 Å². The highest BCUT2D eigenvalue weighted by Crippen LogP contribution is 2.20. The van der Waals surface area contributed by atoms with Crippen molar-refractivity contribution in [1.82, 2.24) is 25.2 Å². The number of aromatic nitrogens is 3. The van der Waals surface area contributed by atoms with Crippen LogP contribution in [0.25, 0.3) is 5.69 Å². The number of carbonyl (C=O) groups is 1. The first-order chi connectivity index (χ1) is 13.0. The van der Waals surface area contributed by atoms with E-state index < -0.39 is 0 Å². The van der Waals surface area contributed by atoms with Crippen molar-refractivity contribution in [3.63, 3.8) is 0 Å². The zero-order chi connectivity index (χ0) is 19.4. The van der Waals surface area contributed by atoms with Gasteiger partial charge >= 0.3 is 0 Å². The second-order valence-corrected chi connectivity index (χ2v) is 7.17. The number of benzene rings is 1. The number of ether oxygens (including phenoxy) is 1. The highest BCUT2D eigenvalue weighted by molar-refractivity contribution is 5.93. The second-order valence-electron chi connectivity index (χ2n) is 7.17. The maximum atomic E-state index is 13.0. The van der Waals surface area contributed by atoms with Crippen LogP contribution in [0.1, 0.15) is 49.8 Å². The van der Waals surface area contributed by atoms with Crippen LogP contribution in [-0.2, 0) is 6.42 Å². The van der Waals surface area contributed by atoms with Crippen molar-refractivity contribution in [2.45, 2.75) is 52.2 Å². The molecule has 3 rings (SSSR count). The van der Waals surface area contributed by atoms with E-state index in [-0.39, 0.29) is 24.4 Å². The number of nitrogens with one attached hydrogen (secondary N) is 1. The van der Waals surface area contributed by atoms with Gasteiger partial charge in [0, 0.05) is 19.1 Å². The quantitative estimate of drug-likeness (QED) is 0.797. The van der Waals surface area contributed by atoms with Gasteiger partial charge < -0.3 is 15.0 Å². The van der Waals surface area contributed by atoms with Gasteiger partial charge in [-0.2, -0.15) is 0 Å². The summed E-state index contributed by atoms with van der Waals surface area (Å²) in [7, 11) is 1.97. The fraction of sp³-hybridized carbons (Fsp3) is 0.550. The molecule has 8 heteroatoms. The first-order valence-corrected chi connectivity index (χ1v) is 9.71. The van der Waals surface area contributed by atoms with Crippen LogP contribution in [-0.4, -0.2) is 58.1 Å². The molecule has 1 aliphatic rings. The van der Waals surface area contributed by atoms with Crippen LogP contribution >= 0.6 is 12.4 Å². The molecule has 1 aromatic carbocycles. The number of amides is 1. The summed E-state index contributed by atoms with van der Waals surface area (Å²) in [5.74, 6) is 0.794. The zero-order valence-electron chi connectivity index (χ0n) is 17.0. The van der Waals surface area contributed by atoms with Crippen LogP contribution < -0.4 is 10.1 Å². The summed E-state index contributed by atoms with van der Waals surface area (Å²) < 4.78 is 7.45. The van der Waals surface area contributed by atoms with E-state index >= 15 is 0 Å². The van der Waals surface area contributed by atoms with E-state index in [0.29, 0.717) is 18.2 Å². The molecular formula is C20H30ClN5O2. The molecule has 0 unspecified atom stereocenters. The molecule has 2 aromatic rings. The maximum Gasteiger partial charge on any atom is 0.276 e. The van der Waals surface area contributed by atoms with Crippen molar-refractivity contribution < 1.29 is 9.53 Å². The molecule has 1 fully saturated rings. The number of rotatable bonds is 6. The first kappa shape index (κ1) is 22.2. The Morgan fingerprint density at radius 2 is 1.89 bits per heavy atom. The summed E-state index contributed by atoms with van der Waals surface area (Å²) in [4.78, 5) is 14.9. The highest BCUT2D eigenvalue weighted by Gasteiger charge is 2.27. The molecule has 0 aliphatic carbocycles. The summed E-state index contributed by atoms with van der Waals surface area (Å²) in [6.45, 7) is 7.52. The number of halogens is 1. The van der Waals surface area contributed by atoms with Gasteiger partial charge in [-0.15, -0.1) is 17.5 Å². The van der Waals surface area contributed by atoms with E-state index in [1.165, 1.54) is 0 Å². The smallest absolute Gasteiger partial charge is 0.276 e. The van der Waals surface area contributed by atoms with E-state index in [1.54, 1.807) is 4.68 Å². The molecule has 0 spiro atoms. The Labute approximate surface area is 172 Å². The minimum absolute atomic E-state index is 0. The summed E-state index contributed by atoms with van der Waals surface area (Å²) in [5.41, 5.74) is 2.18. The average Bonchev–Trinajstić information content (AvgIpc) is 3.11. The maximum absolute atomic E-state index is 13.0. The van der Waals surface area contributed by atoms with Crippen LogP contribution in [0.3, 0.4) is 0 Å². The van der Waals surface area contributed by atoms with E-state index in [2.05, 4.69) is 15.6 Å². The molecular weight excluding hydrogens is 378 g/mol. The molecule has 1 amide bonds. The molecule has 0 bridgehead atoms. The molecule has 7 nitrogen and oxygen atoms in total. The molecule has 0 atom stereocenters. The molecule has 1 saturated heterocycles. The number of hydrogen-bond donors (Lipinski definition) is 1. The van der Waals surface area contributed by atoms with Crippen molar-refractivity contribution >= 4 is 18.3 Å².